The van der Waals surface area contributed by atoms with Crippen LogP contribution in [0, 0.1) is 0 Å². The summed E-state index contributed by atoms with van der Waals surface area (Å²) in [4.78, 5) is 5.05. The van der Waals surface area contributed by atoms with Crippen LogP contribution in [0.15, 0.2) is 24.3 Å². The first-order valence-electron chi connectivity index (χ1n) is 7.15. The summed E-state index contributed by atoms with van der Waals surface area (Å²) >= 11 is 0. The van der Waals surface area contributed by atoms with Crippen molar-refractivity contribution in [3.05, 3.63) is 24.3 Å². The van der Waals surface area contributed by atoms with Gasteiger partial charge in [-0.1, -0.05) is 0 Å². The van der Waals surface area contributed by atoms with E-state index < -0.39 is 0 Å². The smallest absolute Gasteiger partial charge is 0.119 e. The highest BCUT2D eigenvalue weighted by Gasteiger charge is 2.32. The number of hydrogen-bond donors (Lipinski definition) is 1. The first kappa shape index (κ1) is 12.8. The second-order valence-electron chi connectivity index (χ2n) is 5.61. The predicted octanol–water partition coefficient (Wildman–Crippen LogP) is 1.31. The Kier molecular flexibility index (Phi) is 3.62. The number of benzene rings is 1. The fourth-order valence-corrected chi connectivity index (χ4v) is 3.07. The highest BCUT2D eigenvalue weighted by Crippen LogP contribution is 2.26. The monoisotopic (exact) mass is 261 g/mol. The molecule has 4 nitrogen and oxygen atoms in total. The number of nitrogens with two attached hydrogens (primary N) is 1. The summed E-state index contributed by atoms with van der Waals surface area (Å²) in [7, 11) is 1.71. The van der Waals surface area contributed by atoms with Crippen LogP contribution in [0.1, 0.15) is 12.8 Å². The zero-order valence-electron chi connectivity index (χ0n) is 11.6. The van der Waals surface area contributed by atoms with Gasteiger partial charge < -0.3 is 15.4 Å². The van der Waals surface area contributed by atoms with Crippen LogP contribution in [0.25, 0.3) is 0 Å². The molecule has 19 heavy (non-hydrogen) atoms. The Morgan fingerprint density at radius 1 is 1.05 bits per heavy atom. The molecule has 1 aliphatic heterocycles. The molecule has 2 fully saturated rings. The Labute approximate surface area is 115 Å². The van der Waals surface area contributed by atoms with Crippen molar-refractivity contribution in [3.8, 4) is 5.75 Å². The van der Waals surface area contributed by atoms with E-state index in [0.29, 0.717) is 6.04 Å². The van der Waals surface area contributed by atoms with Crippen molar-refractivity contribution in [2.45, 2.75) is 24.9 Å². The van der Waals surface area contributed by atoms with Crippen LogP contribution in [0.2, 0.25) is 0 Å². The minimum absolute atomic E-state index is 0.449. The van der Waals surface area contributed by atoms with Crippen LogP contribution in [0.3, 0.4) is 0 Å². The molecule has 1 aliphatic carbocycles. The van der Waals surface area contributed by atoms with E-state index in [1.165, 1.54) is 18.5 Å². The number of piperazine rings is 1. The summed E-state index contributed by atoms with van der Waals surface area (Å²) in [5, 5.41) is 0. The average Bonchev–Trinajstić information content (AvgIpc) is 2.44. The normalized spacial score (nSPS) is 28.0. The summed E-state index contributed by atoms with van der Waals surface area (Å²) in [6, 6.07) is 9.55. The second kappa shape index (κ2) is 5.39. The topological polar surface area (TPSA) is 41.7 Å². The first-order valence-corrected chi connectivity index (χ1v) is 7.15. The van der Waals surface area contributed by atoms with Crippen molar-refractivity contribution in [2.24, 2.45) is 5.73 Å². The molecule has 0 aromatic heterocycles. The van der Waals surface area contributed by atoms with Gasteiger partial charge in [0.1, 0.15) is 5.75 Å². The van der Waals surface area contributed by atoms with Crippen LogP contribution < -0.4 is 15.4 Å². The maximum absolute atomic E-state index is 5.87. The minimum Gasteiger partial charge on any atom is -0.497 e. The third-order valence-electron chi connectivity index (χ3n) is 4.42. The van der Waals surface area contributed by atoms with Crippen LogP contribution in [-0.2, 0) is 0 Å². The lowest BCUT2D eigenvalue weighted by Gasteiger charge is -2.45. The molecule has 104 valence electrons. The molecule has 0 unspecified atom stereocenters. The van der Waals surface area contributed by atoms with Crippen LogP contribution in [-0.4, -0.2) is 50.3 Å². The molecule has 1 saturated heterocycles. The molecule has 0 radical (unpaired) electrons. The quantitative estimate of drug-likeness (QED) is 0.891. The molecule has 3 rings (SSSR count). The van der Waals surface area contributed by atoms with Gasteiger partial charge >= 0.3 is 0 Å². The molecular formula is C15H23N3O. The van der Waals surface area contributed by atoms with E-state index in [2.05, 4.69) is 21.9 Å². The molecule has 0 spiro atoms. The van der Waals surface area contributed by atoms with Gasteiger partial charge in [0, 0.05) is 44.0 Å². The van der Waals surface area contributed by atoms with Gasteiger partial charge in [-0.25, -0.2) is 0 Å². The van der Waals surface area contributed by atoms with E-state index in [9.17, 15) is 0 Å². The summed E-state index contributed by atoms with van der Waals surface area (Å²) in [6.45, 7) is 4.53. The molecule has 2 N–H and O–H groups in total. The predicted molar refractivity (Wildman–Crippen MR) is 77.8 cm³/mol. The number of methoxy groups -OCH3 is 1. The third-order valence-corrected chi connectivity index (χ3v) is 4.42. The van der Waals surface area contributed by atoms with E-state index in [-0.39, 0.29) is 0 Å². The van der Waals surface area contributed by atoms with Gasteiger partial charge in [0.2, 0.25) is 0 Å². The van der Waals surface area contributed by atoms with Gasteiger partial charge in [-0.15, -0.1) is 0 Å². The number of nitrogens with zero attached hydrogens (tertiary/aromatic N) is 2. The standard InChI is InChI=1S/C15H23N3O/c1-19-15-4-2-13(3-5-15)17-6-8-18(9-7-17)14-10-12(16)11-14/h2-5,12,14H,6-11,16H2,1H3. The van der Waals surface area contributed by atoms with E-state index in [1.54, 1.807) is 7.11 Å². The lowest BCUT2D eigenvalue weighted by molar-refractivity contribution is 0.104. The molecule has 2 aliphatic rings. The van der Waals surface area contributed by atoms with Crippen molar-refractivity contribution in [2.75, 3.05) is 38.2 Å². The van der Waals surface area contributed by atoms with Crippen LogP contribution in [0.4, 0.5) is 5.69 Å². The molecule has 1 aromatic carbocycles. The lowest BCUT2D eigenvalue weighted by atomic mass is 9.86. The number of rotatable bonds is 3. The highest BCUT2D eigenvalue weighted by atomic mass is 16.5. The van der Waals surface area contributed by atoms with Gasteiger partial charge in [-0.3, -0.25) is 4.90 Å². The summed E-state index contributed by atoms with van der Waals surface area (Å²) in [6.07, 6.45) is 2.37. The van der Waals surface area contributed by atoms with Crippen molar-refractivity contribution < 1.29 is 4.74 Å². The zero-order valence-corrected chi connectivity index (χ0v) is 11.6. The fraction of sp³-hybridized carbons (Fsp3) is 0.600. The maximum Gasteiger partial charge on any atom is 0.119 e. The molecule has 1 saturated carbocycles. The Morgan fingerprint density at radius 3 is 2.21 bits per heavy atom. The van der Waals surface area contributed by atoms with E-state index in [4.69, 9.17) is 10.5 Å². The van der Waals surface area contributed by atoms with Crippen molar-refractivity contribution in [1.82, 2.24) is 4.90 Å². The molecule has 1 heterocycles. The van der Waals surface area contributed by atoms with E-state index in [1.807, 2.05) is 12.1 Å². The molecule has 0 bridgehead atoms. The maximum atomic E-state index is 5.87. The fourth-order valence-electron chi connectivity index (χ4n) is 3.07. The third kappa shape index (κ3) is 2.69. The Bertz CT molecular complexity index is 406. The molecule has 4 heteroatoms. The number of anilines is 1. The molecular weight excluding hydrogens is 238 g/mol. The largest absolute Gasteiger partial charge is 0.497 e. The summed E-state index contributed by atoms with van der Waals surface area (Å²) in [5.41, 5.74) is 7.17. The Balaban J connectivity index is 1.54. The number of hydrogen-bond acceptors (Lipinski definition) is 4. The van der Waals surface area contributed by atoms with Gasteiger partial charge in [-0.05, 0) is 37.1 Å². The second-order valence-corrected chi connectivity index (χ2v) is 5.61. The van der Waals surface area contributed by atoms with Crippen molar-refractivity contribution in [1.29, 1.82) is 0 Å². The van der Waals surface area contributed by atoms with Gasteiger partial charge in [0.15, 0.2) is 0 Å². The van der Waals surface area contributed by atoms with Crippen LogP contribution >= 0.6 is 0 Å². The molecule has 1 aromatic rings. The summed E-state index contributed by atoms with van der Waals surface area (Å²) < 4.78 is 5.20. The minimum atomic E-state index is 0.449. The zero-order chi connectivity index (χ0) is 13.2. The van der Waals surface area contributed by atoms with Gasteiger partial charge in [0.05, 0.1) is 7.11 Å². The van der Waals surface area contributed by atoms with E-state index >= 15 is 0 Å². The van der Waals surface area contributed by atoms with Crippen molar-refractivity contribution in [3.63, 3.8) is 0 Å². The SMILES string of the molecule is COc1ccc(N2CCN(C3CC(N)C3)CC2)cc1. The highest BCUT2D eigenvalue weighted by molar-refractivity contribution is 5.49. The average molecular weight is 261 g/mol. The van der Waals surface area contributed by atoms with Crippen LogP contribution in [0.5, 0.6) is 5.75 Å². The van der Waals surface area contributed by atoms with Gasteiger partial charge in [0.25, 0.3) is 0 Å². The van der Waals surface area contributed by atoms with Gasteiger partial charge in [-0.2, -0.15) is 0 Å². The molecule has 0 atom stereocenters. The Hall–Kier alpha value is -1.26. The lowest BCUT2D eigenvalue weighted by Crippen LogP contribution is -2.56. The summed E-state index contributed by atoms with van der Waals surface area (Å²) in [5.74, 6) is 0.922. The Morgan fingerprint density at radius 2 is 1.68 bits per heavy atom. The molecule has 0 amide bonds. The van der Waals surface area contributed by atoms with Crippen molar-refractivity contribution >= 4 is 5.69 Å². The number of ether oxygens (including phenoxy) is 1. The van der Waals surface area contributed by atoms with E-state index in [0.717, 1.165) is 38.0 Å². The first-order chi connectivity index (χ1) is 9.26.